The topological polar surface area (TPSA) is 6.48 Å². The number of aryl methyl sites for hydroxylation is 2. The minimum Gasteiger partial charge on any atom is -0.310 e. The Morgan fingerprint density at radius 1 is 0.417 bits per heavy atom. The van der Waals surface area contributed by atoms with E-state index in [1.807, 2.05) is 98.8 Å². The summed E-state index contributed by atoms with van der Waals surface area (Å²) in [6.07, 6.45) is 0. The molecule has 0 aliphatic heterocycles. The van der Waals surface area contributed by atoms with E-state index >= 15 is 0 Å². The summed E-state index contributed by atoms with van der Waals surface area (Å²) in [4.78, 5) is 3.45. The van der Waals surface area contributed by atoms with Crippen LogP contribution in [0.2, 0.25) is 0 Å². The molecule has 0 amide bonds. The fourth-order valence-corrected chi connectivity index (χ4v) is 5.88. The average molecular weight is 639 g/mol. The van der Waals surface area contributed by atoms with Crippen molar-refractivity contribution < 1.29 is 13.7 Å². The van der Waals surface area contributed by atoms with E-state index in [0.717, 1.165) is 33.4 Å². The molecule has 0 aromatic heterocycles. The summed E-state index contributed by atoms with van der Waals surface area (Å²) in [5.41, 5.74) is 7.95. The normalized spacial score (nSPS) is 14.7. The van der Waals surface area contributed by atoms with Crippen molar-refractivity contribution in [3.63, 3.8) is 0 Å². The van der Waals surface area contributed by atoms with E-state index in [1.54, 1.807) is 9.80 Å². The lowest BCUT2D eigenvalue weighted by Crippen LogP contribution is -2.14. The van der Waals surface area contributed by atoms with E-state index in [1.165, 1.54) is 0 Å². The molecule has 0 atom stereocenters. The third kappa shape index (κ3) is 6.94. The van der Waals surface area contributed by atoms with E-state index < -0.39 is 36.3 Å². The SMILES string of the molecule is [2H]c1c([2H])c([2H])c(N(c2ccc(C(C)(C)C)cc2)c2ccc(-c3ccc(N(c4ccc(C(C)(C)C)cc4)c4c([2H])c([2H])c([2H])c([2H])c4[2H])c(C)c3)cc2C)c([2H])c1[2H]. The van der Waals surface area contributed by atoms with Gasteiger partial charge in [-0.05, 0) is 131 Å². The minimum atomic E-state index is -0.459. The van der Waals surface area contributed by atoms with E-state index in [-0.39, 0.29) is 46.4 Å². The van der Waals surface area contributed by atoms with Gasteiger partial charge in [0.05, 0.1) is 13.7 Å². The summed E-state index contributed by atoms with van der Waals surface area (Å²) < 4.78 is 85.8. The Balaban J connectivity index is 1.49. The highest BCUT2D eigenvalue weighted by Crippen LogP contribution is 2.41. The van der Waals surface area contributed by atoms with Crippen molar-refractivity contribution in [3.8, 4) is 11.1 Å². The predicted octanol–water partition coefficient (Wildman–Crippen LogP) is 13.5. The zero-order chi connectivity index (χ0) is 42.8. The summed E-state index contributed by atoms with van der Waals surface area (Å²) >= 11 is 0. The second kappa shape index (κ2) is 13.2. The molecule has 0 heterocycles. The van der Waals surface area contributed by atoms with Crippen LogP contribution in [0.15, 0.2) is 145 Å². The number of para-hydroxylation sites is 2. The molecular formula is C46H48N2. The molecule has 48 heavy (non-hydrogen) atoms. The van der Waals surface area contributed by atoms with Gasteiger partial charge in [-0.1, -0.05) is 114 Å². The average Bonchev–Trinajstić information content (AvgIpc) is 3.18. The fraction of sp³-hybridized carbons (Fsp3) is 0.217. The predicted molar refractivity (Wildman–Crippen MR) is 208 cm³/mol. The maximum atomic E-state index is 8.88. The summed E-state index contributed by atoms with van der Waals surface area (Å²) in [6.45, 7) is 16.5. The molecule has 2 nitrogen and oxygen atoms in total. The third-order valence-electron chi connectivity index (χ3n) is 8.61. The molecule has 242 valence electrons. The summed E-state index contributed by atoms with van der Waals surface area (Å²) in [7, 11) is 0. The van der Waals surface area contributed by atoms with Gasteiger partial charge in [0.25, 0.3) is 0 Å². The molecule has 0 aliphatic rings. The summed E-state index contributed by atoms with van der Waals surface area (Å²) in [5, 5.41) is 0. The highest BCUT2D eigenvalue weighted by Gasteiger charge is 2.20. The largest absolute Gasteiger partial charge is 0.310 e. The quantitative estimate of drug-likeness (QED) is 0.172. The first kappa shape index (κ1) is 22.5. The van der Waals surface area contributed by atoms with Crippen molar-refractivity contribution >= 4 is 34.1 Å². The van der Waals surface area contributed by atoms with Gasteiger partial charge in [-0.2, -0.15) is 0 Å². The maximum Gasteiger partial charge on any atom is 0.0645 e. The van der Waals surface area contributed by atoms with Gasteiger partial charge >= 0.3 is 0 Å². The van der Waals surface area contributed by atoms with Gasteiger partial charge in [0, 0.05) is 34.1 Å². The van der Waals surface area contributed by atoms with Crippen LogP contribution >= 0.6 is 0 Å². The number of anilines is 6. The van der Waals surface area contributed by atoms with Crippen LogP contribution in [0.3, 0.4) is 0 Å². The van der Waals surface area contributed by atoms with Crippen molar-refractivity contribution in [3.05, 3.63) is 168 Å². The lowest BCUT2D eigenvalue weighted by atomic mass is 9.87. The van der Waals surface area contributed by atoms with E-state index in [0.29, 0.717) is 22.7 Å². The Hall–Kier alpha value is -5.08. The molecule has 0 saturated carbocycles. The first-order valence-corrected chi connectivity index (χ1v) is 16.2. The van der Waals surface area contributed by atoms with Gasteiger partial charge in [0.2, 0.25) is 0 Å². The molecule has 2 heteroatoms. The van der Waals surface area contributed by atoms with E-state index in [2.05, 4.69) is 41.5 Å². The lowest BCUT2D eigenvalue weighted by Gasteiger charge is -2.29. The monoisotopic (exact) mass is 638 g/mol. The summed E-state index contributed by atoms with van der Waals surface area (Å²) in [5.74, 6) is 0. The molecular weight excluding hydrogens is 581 g/mol. The van der Waals surface area contributed by atoms with Crippen LogP contribution < -0.4 is 9.80 Å². The van der Waals surface area contributed by atoms with Crippen LogP contribution in [-0.4, -0.2) is 0 Å². The van der Waals surface area contributed by atoms with Crippen LogP contribution in [0.5, 0.6) is 0 Å². The van der Waals surface area contributed by atoms with Gasteiger partial charge in [-0.15, -0.1) is 0 Å². The zero-order valence-electron chi connectivity index (χ0n) is 39.0. The van der Waals surface area contributed by atoms with Crippen LogP contribution in [0.1, 0.15) is 77.5 Å². The van der Waals surface area contributed by atoms with Gasteiger partial charge in [-0.3, -0.25) is 0 Å². The summed E-state index contributed by atoms with van der Waals surface area (Å²) in [6, 6.07) is 23.5. The highest BCUT2D eigenvalue weighted by molar-refractivity contribution is 5.83. The Morgan fingerprint density at radius 2 is 0.750 bits per heavy atom. The molecule has 0 spiro atoms. The smallest absolute Gasteiger partial charge is 0.0645 e. The molecule has 0 N–H and O–H groups in total. The number of hydrogen-bond acceptors (Lipinski definition) is 2. The van der Waals surface area contributed by atoms with Crippen LogP contribution in [-0.2, 0) is 10.8 Å². The molecule has 0 saturated heterocycles. The van der Waals surface area contributed by atoms with Gasteiger partial charge in [-0.25, -0.2) is 0 Å². The first-order chi connectivity index (χ1) is 27.0. The van der Waals surface area contributed by atoms with Crippen molar-refractivity contribution in [1.29, 1.82) is 0 Å². The third-order valence-corrected chi connectivity index (χ3v) is 8.61. The first-order valence-electron chi connectivity index (χ1n) is 21.2. The van der Waals surface area contributed by atoms with Crippen molar-refractivity contribution in [2.24, 2.45) is 0 Å². The second-order valence-electron chi connectivity index (χ2n) is 14.2. The van der Waals surface area contributed by atoms with Crippen molar-refractivity contribution in [2.75, 3.05) is 9.80 Å². The van der Waals surface area contributed by atoms with Crippen LogP contribution in [0.25, 0.3) is 11.1 Å². The molecule has 0 bridgehead atoms. The van der Waals surface area contributed by atoms with Gasteiger partial charge in [0.15, 0.2) is 0 Å². The number of benzene rings is 6. The molecule has 6 aromatic carbocycles. The van der Waals surface area contributed by atoms with Crippen LogP contribution in [0.4, 0.5) is 34.1 Å². The molecule has 0 fully saturated rings. The molecule has 0 aliphatic carbocycles. The Kier molecular flexibility index (Phi) is 6.18. The Labute approximate surface area is 302 Å². The van der Waals surface area contributed by atoms with Crippen molar-refractivity contribution in [2.45, 2.75) is 66.2 Å². The molecule has 0 unspecified atom stereocenters. The molecule has 6 aromatic rings. The van der Waals surface area contributed by atoms with Gasteiger partial charge in [0.1, 0.15) is 0 Å². The van der Waals surface area contributed by atoms with Crippen molar-refractivity contribution in [1.82, 2.24) is 0 Å². The fourth-order valence-electron chi connectivity index (χ4n) is 5.88. The molecule has 6 rings (SSSR count). The minimum absolute atomic E-state index is 0.0498. The van der Waals surface area contributed by atoms with Crippen LogP contribution in [0, 0.1) is 13.8 Å². The number of nitrogens with zero attached hydrogens (tertiary/aromatic N) is 2. The van der Waals surface area contributed by atoms with E-state index in [4.69, 9.17) is 13.7 Å². The molecule has 0 radical (unpaired) electrons. The van der Waals surface area contributed by atoms with E-state index in [9.17, 15) is 0 Å². The standard InChI is InChI=1S/C46H48N2/c1-33-31-35(19-29-43(33)47(39-15-11-9-12-16-39)41-25-21-37(22-26-41)45(3,4)5)36-20-30-44(34(2)32-36)48(40-17-13-10-14-18-40)42-27-23-38(24-28-42)46(6,7)8/h9-32H,1-8H3/i9D,10D,11D,12D,13D,14D,15D,16D,17D,18D. The highest BCUT2D eigenvalue weighted by atomic mass is 15.1. The number of rotatable bonds is 7. The maximum absolute atomic E-state index is 8.88. The van der Waals surface area contributed by atoms with Gasteiger partial charge < -0.3 is 9.80 Å². The number of hydrogen-bond donors (Lipinski definition) is 0. The lowest BCUT2D eigenvalue weighted by molar-refractivity contribution is 0.590. The Bertz CT molecular complexity index is 2320. The second-order valence-corrected chi connectivity index (χ2v) is 14.2. The zero-order valence-corrected chi connectivity index (χ0v) is 29.0. The Morgan fingerprint density at radius 3 is 1.04 bits per heavy atom.